The van der Waals surface area contributed by atoms with Crippen LogP contribution in [0, 0.1) is 0 Å². The standard InChI is InChI=1S/C15H12Cl2N2O3S/c1-18-11-7-6-10(17)8-13(11)19(15(20)9-16)12-4-2-3-5-14(12)23(18,21)22/h2-8H,9H2,1H3. The molecular weight excluding hydrogens is 359 g/mol. The molecule has 0 spiro atoms. The number of rotatable bonds is 1. The van der Waals surface area contributed by atoms with Gasteiger partial charge in [0.1, 0.15) is 10.8 Å². The van der Waals surface area contributed by atoms with Gasteiger partial charge in [-0.15, -0.1) is 11.6 Å². The number of hydrogen-bond donors (Lipinski definition) is 0. The van der Waals surface area contributed by atoms with Crippen LogP contribution in [0.2, 0.25) is 5.02 Å². The van der Waals surface area contributed by atoms with E-state index < -0.39 is 15.9 Å². The maximum atomic E-state index is 12.9. The average Bonchev–Trinajstić information content (AvgIpc) is 2.60. The zero-order chi connectivity index (χ0) is 16.8. The van der Waals surface area contributed by atoms with Gasteiger partial charge in [0.2, 0.25) is 5.91 Å². The summed E-state index contributed by atoms with van der Waals surface area (Å²) in [5.74, 6) is -0.725. The fourth-order valence-corrected chi connectivity index (χ4v) is 4.21. The summed E-state index contributed by atoms with van der Waals surface area (Å²) in [5, 5.41) is 0.390. The Bertz CT molecular complexity index is 899. The Morgan fingerprint density at radius 2 is 1.78 bits per heavy atom. The van der Waals surface area contributed by atoms with Gasteiger partial charge in [-0.2, -0.15) is 0 Å². The number of anilines is 3. The molecule has 120 valence electrons. The molecule has 1 amide bonds. The molecular formula is C15H12Cl2N2O3S. The van der Waals surface area contributed by atoms with Crippen molar-refractivity contribution in [3.05, 3.63) is 47.5 Å². The third-order valence-electron chi connectivity index (χ3n) is 3.63. The SMILES string of the molecule is CN1c2ccc(Cl)cc2N(C(=O)CCl)c2ccccc2S1(=O)=O. The number of carbonyl (C=O) groups excluding carboxylic acids is 1. The number of nitrogens with zero attached hydrogens (tertiary/aromatic N) is 2. The molecule has 0 atom stereocenters. The largest absolute Gasteiger partial charge is 0.276 e. The van der Waals surface area contributed by atoms with Crippen LogP contribution in [0.5, 0.6) is 0 Å². The maximum Gasteiger partial charge on any atom is 0.266 e. The summed E-state index contributed by atoms with van der Waals surface area (Å²) in [6, 6.07) is 11.0. The number of para-hydroxylation sites is 1. The van der Waals surface area contributed by atoms with Crippen molar-refractivity contribution in [1.82, 2.24) is 0 Å². The highest BCUT2D eigenvalue weighted by atomic mass is 35.5. The van der Waals surface area contributed by atoms with Gasteiger partial charge in [-0.1, -0.05) is 23.7 Å². The molecule has 0 N–H and O–H groups in total. The van der Waals surface area contributed by atoms with Gasteiger partial charge in [-0.3, -0.25) is 14.0 Å². The number of sulfonamides is 1. The van der Waals surface area contributed by atoms with Crippen molar-refractivity contribution in [1.29, 1.82) is 0 Å². The van der Waals surface area contributed by atoms with E-state index in [0.717, 1.165) is 4.31 Å². The Morgan fingerprint density at radius 3 is 2.48 bits per heavy atom. The van der Waals surface area contributed by atoms with Crippen molar-refractivity contribution in [2.45, 2.75) is 4.90 Å². The summed E-state index contributed by atoms with van der Waals surface area (Å²) in [5.41, 5.74) is 0.981. The Hall–Kier alpha value is -1.76. The fraction of sp³-hybridized carbons (Fsp3) is 0.133. The summed E-state index contributed by atoms with van der Waals surface area (Å²) in [4.78, 5) is 13.7. The first kappa shape index (κ1) is 16.1. The predicted octanol–water partition coefficient (Wildman–Crippen LogP) is 3.38. The number of alkyl halides is 1. The van der Waals surface area contributed by atoms with Gasteiger partial charge < -0.3 is 0 Å². The highest BCUT2D eigenvalue weighted by Gasteiger charge is 2.35. The molecule has 1 aliphatic rings. The lowest BCUT2D eigenvalue weighted by atomic mass is 10.2. The van der Waals surface area contributed by atoms with Crippen molar-refractivity contribution < 1.29 is 13.2 Å². The zero-order valence-electron chi connectivity index (χ0n) is 12.0. The van der Waals surface area contributed by atoms with Gasteiger partial charge in [0, 0.05) is 12.1 Å². The van der Waals surface area contributed by atoms with E-state index in [1.807, 2.05) is 0 Å². The molecule has 0 radical (unpaired) electrons. The minimum Gasteiger partial charge on any atom is -0.276 e. The van der Waals surface area contributed by atoms with E-state index in [0.29, 0.717) is 16.4 Å². The molecule has 8 heteroatoms. The molecule has 1 heterocycles. The van der Waals surface area contributed by atoms with Crippen LogP contribution in [0.15, 0.2) is 47.4 Å². The normalized spacial score (nSPS) is 15.6. The summed E-state index contributed by atoms with van der Waals surface area (Å²) in [6.07, 6.45) is 0. The van der Waals surface area contributed by atoms with Crippen LogP contribution < -0.4 is 9.21 Å². The number of amides is 1. The Labute approximate surface area is 144 Å². The van der Waals surface area contributed by atoms with Crippen LogP contribution in [0.3, 0.4) is 0 Å². The Morgan fingerprint density at radius 1 is 1.09 bits per heavy atom. The monoisotopic (exact) mass is 370 g/mol. The number of benzene rings is 2. The van der Waals surface area contributed by atoms with E-state index in [2.05, 4.69) is 0 Å². The zero-order valence-corrected chi connectivity index (χ0v) is 14.4. The first-order valence-corrected chi connectivity index (χ1v) is 8.99. The highest BCUT2D eigenvalue weighted by Crippen LogP contribution is 2.44. The van der Waals surface area contributed by atoms with Crippen molar-refractivity contribution in [2.75, 3.05) is 22.1 Å². The second kappa shape index (κ2) is 5.70. The van der Waals surface area contributed by atoms with E-state index in [9.17, 15) is 13.2 Å². The van der Waals surface area contributed by atoms with Gasteiger partial charge in [0.05, 0.1) is 17.1 Å². The first-order chi connectivity index (χ1) is 10.9. The summed E-state index contributed by atoms with van der Waals surface area (Å²) in [7, 11) is -2.37. The van der Waals surface area contributed by atoms with E-state index in [1.54, 1.807) is 36.4 Å². The summed E-state index contributed by atoms with van der Waals surface area (Å²) < 4.78 is 26.8. The molecule has 2 aromatic rings. The van der Waals surface area contributed by atoms with Crippen LogP contribution in [0.4, 0.5) is 17.1 Å². The van der Waals surface area contributed by atoms with Gasteiger partial charge in [-0.25, -0.2) is 8.42 Å². The molecule has 0 fully saturated rings. The molecule has 2 aromatic carbocycles. The number of hydrogen-bond acceptors (Lipinski definition) is 3. The van der Waals surface area contributed by atoms with Crippen LogP contribution in [0.1, 0.15) is 0 Å². The van der Waals surface area contributed by atoms with E-state index in [4.69, 9.17) is 23.2 Å². The number of fused-ring (bicyclic) bond motifs is 2. The Kier molecular flexibility index (Phi) is 4.00. The fourth-order valence-electron chi connectivity index (χ4n) is 2.54. The second-order valence-corrected chi connectivity index (χ2v) is 7.58. The van der Waals surface area contributed by atoms with Crippen molar-refractivity contribution >= 4 is 56.2 Å². The third-order valence-corrected chi connectivity index (χ3v) is 5.91. The van der Waals surface area contributed by atoms with Crippen LogP contribution in [-0.4, -0.2) is 27.3 Å². The minimum atomic E-state index is -3.80. The van der Waals surface area contributed by atoms with Crippen molar-refractivity contribution in [2.24, 2.45) is 0 Å². The summed E-state index contributed by atoms with van der Waals surface area (Å²) in [6.45, 7) is 0. The van der Waals surface area contributed by atoms with E-state index >= 15 is 0 Å². The Balaban J connectivity index is 2.44. The average molecular weight is 371 g/mol. The van der Waals surface area contributed by atoms with Crippen molar-refractivity contribution in [3.63, 3.8) is 0 Å². The minimum absolute atomic E-state index is 0.0355. The van der Waals surface area contributed by atoms with Crippen LogP contribution >= 0.6 is 23.2 Å². The van der Waals surface area contributed by atoms with E-state index in [-0.39, 0.29) is 16.5 Å². The molecule has 5 nitrogen and oxygen atoms in total. The molecule has 3 rings (SSSR count). The third kappa shape index (κ3) is 2.47. The van der Waals surface area contributed by atoms with Gasteiger partial charge in [-0.05, 0) is 30.3 Å². The molecule has 23 heavy (non-hydrogen) atoms. The summed E-state index contributed by atoms with van der Waals surface area (Å²) >= 11 is 11.8. The molecule has 0 saturated carbocycles. The van der Waals surface area contributed by atoms with Gasteiger partial charge >= 0.3 is 0 Å². The van der Waals surface area contributed by atoms with Crippen LogP contribution in [0.25, 0.3) is 0 Å². The van der Waals surface area contributed by atoms with E-state index in [1.165, 1.54) is 18.0 Å². The molecule has 0 bridgehead atoms. The second-order valence-electron chi connectivity index (χ2n) is 4.94. The number of halogens is 2. The molecule has 0 aliphatic carbocycles. The molecule has 1 aliphatic heterocycles. The topological polar surface area (TPSA) is 57.7 Å². The lowest BCUT2D eigenvalue weighted by molar-refractivity contribution is -0.115. The van der Waals surface area contributed by atoms with Crippen LogP contribution in [-0.2, 0) is 14.8 Å². The quantitative estimate of drug-likeness (QED) is 0.723. The van der Waals surface area contributed by atoms with Gasteiger partial charge in [0.15, 0.2) is 0 Å². The number of carbonyl (C=O) groups is 1. The smallest absolute Gasteiger partial charge is 0.266 e. The van der Waals surface area contributed by atoms with Gasteiger partial charge in [0.25, 0.3) is 10.0 Å². The highest BCUT2D eigenvalue weighted by molar-refractivity contribution is 7.93. The predicted molar refractivity (Wildman–Crippen MR) is 91.3 cm³/mol. The molecule has 0 aromatic heterocycles. The molecule has 0 unspecified atom stereocenters. The van der Waals surface area contributed by atoms with Crippen molar-refractivity contribution in [3.8, 4) is 0 Å². The molecule has 0 saturated heterocycles. The lowest BCUT2D eigenvalue weighted by Crippen LogP contribution is -2.27. The lowest BCUT2D eigenvalue weighted by Gasteiger charge is -2.23. The maximum absolute atomic E-state index is 12.9. The first-order valence-electron chi connectivity index (χ1n) is 6.64.